The molecule has 2 aromatic rings. The van der Waals surface area contributed by atoms with Gasteiger partial charge in [-0.1, -0.05) is 17.7 Å². The quantitative estimate of drug-likeness (QED) is 0.666. The second kappa shape index (κ2) is 9.77. The predicted molar refractivity (Wildman–Crippen MR) is 110 cm³/mol. The van der Waals surface area contributed by atoms with Crippen molar-refractivity contribution in [2.75, 3.05) is 24.4 Å². The second-order valence-corrected chi connectivity index (χ2v) is 8.69. The summed E-state index contributed by atoms with van der Waals surface area (Å²) in [6.45, 7) is 1.95. The maximum Gasteiger partial charge on any atom is 0.242 e. The Morgan fingerprint density at radius 3 is 2.30 bits per heavy atom. The molecular formula is C19H24N2O4S2. The number of aryl methyl sites for hydroxylation is 1. The molecule has 1 amide bonds. The van der Waals surface area contributed by atoms with Gasteiger partial charge in [0, 0.05) is 5.69 Å². The van der Waals surface area contributed by atoms with Gasteiger partial charge < -0.3 is 10.1 Å². The van der Waals surface area contributed by atoms with Crippen LogP contribution in [0.5, 0.6) is 5.75 Å². The van der Waals surface area contributed by atoms with Crippen molar-refractivity contribution in [3.63, 3.8) is 0 Å². The maximum atomic E-state index is 12.7. The molecule has 0 aromatic heterocycles. The number of methoxy groups -OCH3 is 1. The van der Waals surface area contributed by atoms with E-state index in [1.54, 1.807) is 36.0 Å². The zero-order valence-electron chi connectivity index (χ0n) is 15.6. The predicted octanol–water partition coefficient (Wildman–Crippen LogP) is 3.04. The van der Waals surface area contributed by atoms with Gasteiger partial charge in [-0.3, -0.25) is 4.79 Å². The standard InChI is InChI=1S/C19H24N2O4S2/c1-14-4-6-15(7-5-14)20-19(22)18(12-13-26-3)21-27(23,24)17-10-8-16(25-2)9-11-17/h4-11,18,21H,12-13H2,1-3H3,(H,20,22)/t18-/m1/s1. The van der Waals surface area contributed by atoms with Gasteiger partial charge >= 0.3 is 0 Å². The SMILES string of the molecule is COc1ccc(S(=O)(=O)N[C@H](CCSC)C(=O)Nc2ccc(C)cc2)cc1. The number of hydrogen-bond acceptors (Lipinski definition) is 5. The van der Waals surface area contributed by atoms with Gasteiger partial charge in [0.2, 0.25) is 15.9 Å². The Labute approximate surface area is 164 Å². The number of nitrogens with one attached hydrogen (secondary N) is 2. The molecule has 0 aliphatic carbocycles. The van der Waals surface area contributed by atoms with Crippen molar-refractivity contribution in [3.05, 3.63) is 54.1 Å². The molecule has 0 spiro atoms. The summed E-state index contributed by atoms with van der Waals surface area (Å²) in [6, 6.07) is 12.5. The van der Waals surface area contributed by atoms with E-state index >= 15 is 0 Å². The van der Waals surface area contributed by atoms with Crippen molar-refractivity contribution in [3.8, 4) is 5.75 Å². The topological polar surface area (TPSA) is 84.5 Å². The van der Waals surface area contributed by atoms with Crippen LogP contribution in [-0.4, -0.2) is 39.5 Å². The highest BCUT2D eigenvalue weighted by Crippen LogP contribution is 2.17. The molecule has 6 nitrogen and oxygen atoms in total. The lowest BCUT2D eigenvalue weighted by atomic mass is 10.2. The maximum absolute atomic E-state index is 12.7. The van der Waals surface area contributed by atoms with E-state index in [0.717, 1.165) is 5.56 Å². The summed E-state index contributed by atoms with van der Waals surface area (Å²) >= 11 is 1.55. The summed E-state index contributed by atoms with van der Waals surface area (Å²) in [7, 11) is -2.33. The Bertz CT molecular complexity index is 850. The molecule has 1 atom stereocenters. The number of carbonyl (C=O) groups excluding carboxylic acids is 1. The van der Waals surface area contributed by atoms with Crippen LogP contribution in [0.15, 0.2) is 53.4 Å². The monoisotopic (exact) mass is 408 g/mol. The lowest BCUT2D eigenvalue weighted by molar-refractivity contribution is -0.117. The minimum absolute atomic E-state index is 0.0839. The molecule has 0 saturated heterocycles. The molecule has 0 unspecified atom stereocenters. The van der Waals surface area contributed by atoms with Crippen molar-refractivity contribution >= 4 is 33.4 Å². The minimum Gasteiger partial charge on any atom is -0.497 e. The van der Waals surface area contributed by atoms with Gasteiger partial charge in [-0.15, -0.1) is 0 Å². The molecule has 8 heteroatoms. The average Bonchev–Trinajstić information content (AvgIpc) is 2.66. The number of ether oxygens (including phenoxy) is 1. The number of hydrogen-bond donors (Lipinski definition) is 2. The second-order valence-electron chi connectivity index (χ2n) is 5.99. The van der Waals surface area contributed by atoms with E-state index in [4.69, 9.17) is 4.74 Å². The number of benzene rings is 2. The molecule has 0 fully saturated rings. The zero-order valence-corrected chi connectivity index (χ0v) is 17.2. The molecule has 27 heavy (non-hydrogen) atoms. The average molecular weight is 409 g/mol. The van der Waals surface area contributed by atoms with Crippen molar-refractivity contribution in [2.24, 2.45) is 0 Å². The molecule has 0 aliphatic heterocycles. The van der Waals surface area contributed by atoms with Crippen LogP contribution < -0.4 is 14.8 Å². The van der Waals surface area contributed by atoms with Crippen LogP contribution >= 0.6 is 11.8 Å². The first kappa shape index (κ1) is 21.3. The molecule has 2 rings (SSSR count). The number of amides is 1. The molecule has 0 saturated carbocycles. The highest BCUT2D eigenvalue weighted by molar-refractivity contribution is 7.98. The van der Waals surface area contributed by atoms with Crippen LogP contribution in [0.2, 0.25) is 0 Å². The van der Waals surface area contributed by atoms with Gasteiger partial charge in [-0.25, -0.2) is 8.42 Å². The van der Waals surface area contributed by atoms with E-state index in [-0.39, 0.29) is 10.8 Å². The molecule has 0 bridgehead atoms. The first-order chi connectivity index (χ1) is 12.9. The largest absolute Gasteiger partial charge is 0.497 e. The van der Waals surface area contributed by atoms with Crippen LogP contribution in [0.3, 0.4) is 0 Å². The van der Waals surface area contributed by atoms with Crippen LogP contribution in [0.25, 0.3) is 0 Å². The van der Waals surface area contributed by atoms with Crippen LogP contribution in [0, 0.1) is 6.92 Å². The van der Waals surface area contributed by atoms with E-state index in [1.165, 1.54) is 19.2 Å². The third-order valence-corrected chi connectivity index (χ3v) is 6.04. The van der Waals surface area contributed by atoms with E-state index in [2.05, 4.69) is 10.0 Å². The van der Waals surface area contributed by atoms with E-state index < -0.39 is 16.1 Å². The Balaban J connectivity index is 2.15. The summed E-state index contributed by atoms with van der Waals surface area (Å²) in [5.41, 5.74) is 1.70. The molecule has 2 aromatic carbocycles. The first-order valence-corrected chi connectivity index (χ1v) is 11.3. The van der Waals surface area contributed by atoms with Crippen molar-refractivity contribution in [1.82, 2.24) is 4.72 Å². The smallest absolute Gasteiger partial charge is 0.242 e. The van der Waals surface area contributed by atoms with E-state index in [0.29, 0.717) is 23.6 Å². The Hall–Kier alpha value is -2.03. The molecule has 0 aliphatic rings. The van der Waals surface area contributed by atoms with Gasteiger partial charge in [-0.05, 0) is 61.8 Å². The number of carbonyl (C=O) groups is 1. The lowest BCUT2D eigenvalue weighted by Crippen LogP contribution is -2.44. The highest BCUT2D eigenvalue weighted by atomic mass is 32.2. The number of thioether (sulfide) groups is 1. The van der Waals surface area contributed by atoms with Gasteiger partial charge in [0.1, 0.15) is 11.8 Å². The highest BCUT2D eigenvalue weighted by Gasteiger charge is 2.25. The number of sulfonamides is 1. The lowest BCUT2D eigenvalue weighted by Gasteiger charge is -2.18. The van der Waals surface area contributed by atoms with Crippen molar-refractivity contribution in [2.45, 2.75) is 24.3 Å². The van der Waals surface area contributed by atoms with E-state index in [1.807, 2.05) is 25.3 Å². The van der Waals surface area contributed by atoms with Crippen LogP contribution in [0.1, 0.15) is 12.0 Å². The zero-order chi connectivity index (χ0) is 19.9. The number of anilines is 1. The van der Waals surface area contributed by atoms with Gasteiger partial charge in [0.05, 0.1) is 12.0 Å². The molecule has 2 N–H and O–H groups in total. The third kappa shape index (κ3) is 6.27. The van der Waals surface area contributed by atoms with Crippen LogP contribution in [-0.2, 0) is 14.8 Å². The Kier molecular flexibility index (Phi) is 7.70. The first-order valence-electron chi connectivity index (χ1n) is 8.38. The summed E-state index contributed by atoms with van der Waals surface area (Å²) in [5, 5.41) is 2.78. The summed E-state index contributed by atoms with van der Waals surface area (Å²) < 4.78 is 32.9. The van der Waals surface area contributed by atoms with Gasteiger partial charge in [0.25, 0.3) is 0 Å². The third-order valence-electron chi connectivity index (χ3n) is 3.91. The normalized spacial score (nSPS) is 12.4. The fourth-order valence-corrected chi connectivity index (χ4v) is 4.06. The molecular weight excluding hydrogens is 384 g/mol. The summed E-state index contributed by atoms with van der Waals surface area (Å²) in [4.78, 5) is 12.7. The Morgan fingerprint density at radius 2 is 1.74 bits per heavy atom. The van der Waals surface area contributed by atoms with E-state index in [9.17, 15) is 13.2 Å². The Morgan fingerprint density at radius 1 is 1.11 bits per heavy atom. The number of rotatable bonds is 9. The van der Waals surface area contributed by atoms with Gasteiger partial charge in [0.15, 0.2) is 0 Å². The fourth-order valence-electron chi connectivity index (χ4n) is 2.36. The fraction of sp³-hybridized carbons (Fsp3) is 0.316. The molecule has 146 valence electrons. The van der Waals surface area contributed by atoms with Crippen molar-refractivity contribution < 1.29 is 17.9 Å². The minimum atomic E-state index is -3.83. The summed E-state index contributed by atoms with van der Waals surface area (Å²) in [5.74, 6) is 0.826. The molecule has 0 heterocycles. The summed E-state index contributed by atoms with van der Waals surface area (Å²) in [6.07, 6.45) is 2.29. The van der Waals surface area contributed by atoms with Gasteiger partial charge in [-0.2, -0.15) is 16.5 Å². The van der Waals surface area contributed by atoms with Crippen LogP contribution in [0.4, 0.5) is 5.69 Å². The van der Waals surface area contributed by atoms with Crippen molar-refractivity contribution in [1.29, 1.82) is 0 Å². The molecule has 0 radical (unpaired) electrons.